The minimum Gasteiger partial charge on any atom is -0.504 e. The van der Waals surface area contributed by atoms with Gasteiger partial charge in [0.15, 0.2) is 23.0 Å². The number of phenols is 1. The lowest BCUT2D eigenvalue weighted by Crippen LogP contribution is -2.87. The molecule has 140 valence electrons. The molecule has 0 unspecified atom stereocenters. The molecule has 0 amide bonds. The summed E-state index contributed by atoms with van der Waals surface area (Å²) in [6, 6.07) is 7.49. The van der Waals surface area contributed by atoms with Gasteiger partial charge in [0.05, 0.1) is 31.9 Å². The van der Waals surface area contributed by atoms with Crippen LogP contribution in [0.2, 0.25) is 5.02 Å². The monoisotopic (exact) mass is 378 g/mol. The van der Waals surface area contributed by atoms with Crippen molar-refractivity contribution in [2.24, 2.45) is 0 Å². The van der Waals surface area contributed by atoms with E-state index in [1.807, 2.05) is 19.9 Å². The van der Waals surface area contributed by atoms with Crippen molar-refractivity contribution >= 4 is 11.6 Å². The zero-order valence-corrected chi connectivity index (χ0v) is 16.1. The number of fused-ring (bicyclic) bond motifs is 1. The number of ether oxygens (including phenoxy) is 3. The summed E-state index contributed by atoms with van der Waals surface area (Å²) in [4.78, 5) is 0. The molecule has 1 aliphatic heterocycles. The minimum atomic E-state index is 0.00985. The summed E-state index contributed by atoms with van der Waals surface area (Å²) < 4.78 is 16.8. The van der Waals surface area contributed by atoms with Crippen LogP contribution >= 0.6 is 11.6 Å². The minimum absolute atomic E-state index is 0.00985. The first-order chi connectivity index (χ1) is 12.6. The predicted molar refractivity (Wildman–Crippen MR) is 101 cm³/mol. The second-order valence-electron chi connectivity index (χ2n) is 6.16. The second-order valence-corrected chi connectivity index (χ2v) is 6.57. The van der Waals surface area contributed by atoms with Gasteiger partial charge in [0, 0.05) is 23.6 Å². The van der Waals surface area contributed by atoms with Crippen LogP contribution in [0.15, 0.2) is 24.3 Å². The maximum atomic E-state index is 9.96. The topological polar surface area (TPSA) is 64.5 Å². The Morgan fingerprint density at radius 1 is 1.04 bits per heavy atom. The largest absolute Gasteiger partial charge is 0.504 e. The van der Waals surface area contributed by atoms with Crippen LogP contribution < -0.4 is 19.5 Å². The number of halogens is 1. The van der Waals surface area contributed by atoms with Crippen LogP contribution in [0, 0.1) is 0 Å². The van der Waals surface area contributed by atoms with Crippen molar-refractivity contribution < 1.29 is 24.6 Å². The number of hydrogen-bond donors (Lipinski definition) is 2. The average molecular weight is 379 g/mol. The van der Waals surface area contributed by atoms with Crippen molar-refractivity contribution in [1.29, 1.82) is 0 Å². The van der Waals surface area contributed by atoms with Gasteiger partial charge in [-0.15, -0.1) is 0 Å². The van der Waals surface area contributed by atoms with Gasteiger partial charge < -0.3 is 24.6 Å². The summed E-state index contributed by atoms with van der Waals surface area (Å²) in [5, 5.41) is 12.7. The van der Waals surface area contributed by atoms with E-state index in [1.54, 1.807) is 0 Å². The summed E-state index contributed by atoms with van der Waals surface area (Å²) in [7, 11) is 1.53. The van der Waals surface area contributed by atoms with Crippen molar-refractivity contribution in [3.05, 3.63) is 46.0 Å². The van der Waals surface area contributed by atoms with Gasteiger partial charge in [0.1, 0.15) is 6.04 Å². The molecule has 5 nitrogen and oxygen atoms in total. The molecule has 1 aliphatic rings. The van der Waals surface area contributed by atoms with E-state index < -0.39 is 0 Å². The Bertz CT molecular complexity index is 794. The van der Waals surface area contributed by atoms with Crippen LogP contribution in [0.3, 0.4) is 0 Å². The molecule has 26 heavy (non-hydrogen) atoms. The number of rotatable bonds is 6. The number of benzene rings is 2. The van der Waals surface area contributed by atoms with Crippen LogP contribution in [0.5, 0.6) is 23.0 Å². The Hall–Kier alpha value is -2.11. The molecule has 2 aromatic rings. The number of phenolic OH excluding ortho intramolecular Hbond substituents is 1. The maximum absolute atomic E-state index is 9.96. The summed E-state index contributed by atoms with van der Waals surface area (Å²) in [6.07, 6.45) is 0.950. The van der Waals surface area contributed by atoms with Crippen molar-refractivity contribution in [2.45, 2.75) is 26.3 Å². The molecule has 0 radical (unpaired) electrons. The lowest BCUT2D eigenvalue weighted by atomic mass is 9.89. The van der Waals surface area contributed by atoms with Gasteiger partial charge >= 0.3 is 0 Å². The van der Waals surface area contributed by atoms with Gasteiger partial charge in [-0.3, -0.25) is 0 Å². The Labute approximate surface area is 158 Å². The molecule has 1 atom stereocenters. The van der Waals surface area contributed by atoms with Crippen LogP contribution in [0.1, 0.15) is 36.6 Å². The second kappa shape index (κ2) is 8.06. The van der Waals surface area contributed by atoms with E-state index in [9.17, 15) is 5.11 Å². The number of methoxy groups -OCH3 is 1. The smallest absolute Gasteiger partial charge is 0.161 e. The third-order valence-electron chi connectivity index (χ3n) is 4.59. The number of quaternary nitrogens is 1. The first-order valence-electron chi connectivity index (χ1n) is 8.91. The van der Waals surface area contributed by atoms with Crippen molar-refractivity contribution in [3.63, 3.8) is 0 Å². The maximum Gasteiger partial charge on any atom is 0.161 e. The zero-order chi connectivity index (χ0) is 18.7. The van der Waals surface area contributed by atoms with Gasteiger partial charge in [0.25, 0.3) is 0 Å². The number of nitrogens with two attached hydrogens (primary N) is 1. The lowest BCUT2D eigenvalue weighted by molar-refractivity contribution is -0.690. The summed E-state index contributed by atoms with van der Waals surface area (Å²) >= 11 is 6.45. The normalized spacial score (nSPS) is 16.1. The highest BCUT2D eigenvalue weighted by molar-refractivity contribution is 6.31. The van der Waals surface area contributed by atoms with Gasteiger partial charge in [-0.2, -0.15) is 0 Å². The van der Waals surface area contributed by atoms with Gasteiger partial charge in [-0.25, -0.2) is 0 Å². The molecule has 3 N–H and O–H groups in total. The third kappa shape index (κ3) is 3.55. The molecule has 0 spiro atoms. The standard InChI is InChI=1S/C20H24ClNO4/c1-4-25-18-8-12-6-7-22-20(13(12)9-19(18)26-5-2)14-10-17(24-3)16(23)11-15(14)21/h8-11,20,22-23H,4-7H2,1-3H3/p+1/t20-/m1/s1. The highest BCUT2D eigenvalue weighted by Gasteiger charge is 2.30. The molecule has 6 heteroatoms. The van der Waals surface area contributed by atoms with Crippen LogP contribution in [-0.4, -0.2) is 32.0 Å². The molecule has 0 aliphatic carbocycles. The van der Waals surface area contributed by atoms with Gasteiger partial charge in [-0.1, -0.05) is 11.6 Å². The quantitative estimate of drug-likeness (QED) is 0.810. The SMILES string of the molecule is CCOc1cc2c(cc1OCC)[C@H](c1cc(OC)c(O)cc1Cl)[NH2+]CC2. The Kier molecular flexibility index (Phi) is 5.79. The molecule has 0 bridgehead atoms. The Morgan fingerprint density at radius 3 is 2.35 bits per heavy atom. The lowest BCUT2D eigenvalue weighted by Gasteiger charge is -2.27. The highest BCUT2D eigenvalue weighted by Crippen LogP contribution is 2.40. The van der Waals surface area contributed by atoms with Crippen LogP contribution in [0.4, 0.5) is 0 Å². The Balaban J connectivity index is 2.10. The summed E-state index contributed by atoms with van der Waals surface area (Å²) in [5.74, 6) is 1.98. The molecule has 1 heterocycles. The van der Waals surface area contributed by atoms with E-state index in [1.165, 1.54) is 18.7 Å². The fourth-order valence-electron chi connectivity index (χ4n) is 3.45. The Morgan fingerprint density at radius 2 is 1.69 bits per heavy atom. The van der Waals surface area contributed by atoms with Crippen molar-refractivity contribution in [3.8, 4) is 23.0 Å². The fraction of sp³-hybridized carbons (Fsp3) is 0.400. The summed E-state index contributed by atoms with van der Waals surface area (Å²) in [6.45, 7) is 6.03. The first kappa shape index (κ1) is 18.7. The van der Waals surface area contributed by atoms with Gasteiger partial charge in [-0.05, 0) is 37.6 Å². The molecule has 3 rings (SSSR count). The van der Waals surface area contributed by atoms with E-state index >= 15 is 0 Å². The van der Waals surface area contributed by atoms with E-state index in [4.69, 9.17) is 25.8 Å². The molecule has 0 saturated carbocycles. The van der Waals surface area contributed by atoms with Crippen molar-refractivity contribution in [2.75, 3.05) is 26.9 Å². The first-order valence-corrected chi connectivity index (χ1v) is 9.28. The zero-order valence-electron chi connectivity index (χ0n) is 15.3. The predicted octanol–water partition coefficient (Wildman–Crippen LogP) is 3.06. The number of aromatic hydroxyl groups is 1. The van der Waals surface area contributed by atoms with Crippen molar-refractivity contribution in [1.82, 2.24) is 0 Å². The molecular formula is C20H25ClNO4+. The average Bonchev–Trinajstić information content (AvgIpc) is 2.62. The van der Waals surface area contributed by atoms with Crippen LogP contribution in [0.25, 0.3) is 0 Å². The fourth-order valence-corrected chi connectivity index (χ4v) is 3.72. The molecule has 0 fully saturated rings. The van der Waals surface area contributed by atoms with E-state index in [0.717, 1.165) is 35.6 Å². The van der Waals surface area contributed by atoms with E-state index in [2.05, 4.69) is 17.4 Å². The van der Waals surface area contributed by atoms with Crippen LogP contribution in [-0.2, 0) is 6.42 Å². The molecule has 0 aromatic heterocycles. The van der Waals surface area contributed by atoms with E-state index in [-0.39, 0.29) is 11.8 Å². The van der Waals surface area contributed by atoms with Gasteiger partial charge in [0.2, 0.25) is 0 Å². The van der Waals surface area contributed by atoms with E-state index in [0.29, 0.717) is 24.0 Å². The third-order valence-corrected chi connectivity index (χ3v) is 4.92. The highest BCUT2D eigenvalue weighted by atomic mass is 35.5. The molecule has 0 saturated heterocycles. The molecular weight excluding hydrogens is 354 g/mol. The molecule has 2 aromatic carbocycles. The summed E-state index contributed by atoms with van der Waals surface area (Å²) in [5.41, 5.74) is 3.29. The number of hydrogen-bond acceptors (Lipinski definition) is 4.